The number of nitrogens with zero attached hydrogens (tertiary/aromatic N) is 2. The Morgan fingerprint density at radius 2 is 2.25 bits per heavy atom. The number of ether oxygens (including phenoxy) is 2. The van der Waals surface area contributed by atoms with Crippen molar-refractivity contribution in [2.45, 2.75) is 77.5 Å². The average Bonchev–Trinajstić information content (AvgIpc) is 3.04. The van der Waals surface area contributed by atoms with E-state index < -0.39 is 5.60 Å². The summed E-state index contributed by atoms with van der Waals surface area (Å²) in [5, 5.41) is 2.98. The van der Waals surface area contributed by atoms with Crippen molar-refractivity contribution in [3.05, 3.63) is 16.6 Å². The van der Waals surface area contributed by atoms with Gasteiger partial charge in [0.2, 0.25) is 0 Å². The normalized spacial score (nSPS) is 20.0. The molecule has 0 bridgehead atoms. The fourth-order valence-corrected chi connectivity index (χ4v) is 3.59. The average molecular weight is 355 g/mol. The van der Waals surface area contributed by atoms with Gasteiger partial charge in [0, 0.05) is 30.8 Å². The van der Waals surface area contributed by atoms with Crippen LogP contribution in [0.15, 0.2) is 11.6 Å². The van der Waals surface area contributed by atoms with E-state index in [4.69, 9.17) is 9.47 Å². The standard InChI is InChI=1S/C18H30N2O3S/c1-14(16-19-10-13-24-16)22-12-7-9-15-8-5-6-11-20(15)17(21)23-18(2,3)4/h10,13-15H,5-9,11-12H2,1-4H3/t14-,15+/m1/s1. The molecule has 0 aliphatic carbocycles. The van der Waals surface area contributed by atoms with Crippen LogP contribution >= 0.6 is 11.3 Å². The van der Waals surface area contributed by atoms with E-state index in [-0.39, 0.29) is 18.2 Å². The molecule has 2 atom stereocenters. The van der Waals surface area contributed by atoms with Crippen molar-refractivity contribution in [1.29, 1.82) is 0 Å². The van der Waals surface area contributed by atoms with E-state index in [1.807, 2.05) is 38.0 Å². The zero-order valence-electron chi connectivity index (χ0n) is 15.3. The van der Waals surface area contributed by atoms with Gasteiger partial charge in [-0.1, -0.05) is 0 Å². The highest BCUT2D eigenvalue weighted by atomic mass is 32.1. The lowest BCUT2D eigenvalue weighted by atomic mass is 9.98. The Kier molecular flexibility index (Phi) is 7.04. The van der Waals surface area contributed by atoms with Crippen molar-refractivity contribution in [3.63, 3.8) is 0 Å². The van der Waals surface area contributed by atoms with Crippen LogP contribution < -0.4 is 0 Å². The SMILES string of the molecule is C[C@@H](OCCC[C@@H]1CCCCN1C(=O)OC(C)(C)C)c1nccs1. The molecule has 2 rings (SSSR count). The number of rotatable bonds is 6. The molecule has 6 heteroatoms. The van der Waals surface area contributed by atoms with Gasteiger partial charge in [0.05, 0.1) is 0 Å². The summed E-state index contributed by atoms with van der Waals surface area (Å²) < 4.78 is 11.4. The minimum absolute atomic E-state index is 0.0401. The van der Waals surface area contributed by atoms with Gasteiger partial charge >= 0.3 is 6.09 Å². The molecule has 0 saturated carbocycles. The van der Waals surface area contributed by atoms with E-state index in [9.17, 15) is 4.79 Å². The molecule has 2 heterocycles. The molecule has 0 unspecified atom stereocenters. The maximum absolute atomic E-state index is 12.4. The van der Waals surface area contributed by atoms with Crippen LogP contribution in [-0.2, 0) is 9.47 Å². The molecular formula is C18H30N2O3S. The minimum atomic E-state index is -0.439. The summed E-state index contributed by atoms with van der Waals surface area (Å²) in [5.41, 5.74) is -0.439. The minimum Gasteiger partial charge on any atom is -0.444 e. The number of hydrogen-bond acceptors (Lipinski definition) is 5. The van der Waals surface area contributed by atoms with Gasteiger partial charge < -0.3 is 14.4 Å². The maximum Gasteiger partial charge on any atom is 0.410 e. The summed E-state index contributed by atoms with van der Waals surface area (Å²) in [7, 11) is 0. The van der Waals surface area contributed by atoms with Gasteiger partial charge in [-0.25, -0.2) is 9.78 Å². The molecule has 1 saturated heterocycles. The van der Waals surface area contributed by atoms with Crippen molar-refractivity contribution < 1.29 is 14.3 Å². The van der Waals surface area contributed by atoms with Crippen LogP contribution in [0.1, 0.15) is 70.9 Å². The molecule has 0 N–H and O–H groups in total. The molecule has 1 aliphatic rings. The number of aromatic nitrogens is 1. The Morgan fingerprint density at radius 1 is 1.46 bits per heavy atom. The summed E-state index contributed by atoms with van der Waals surface area (Å²) in [6.45, 7) is 9.27. The lowest BCUT2D eigenvalue weighted by Crippen LogP contribution is -2.46. The van der Waals surface area contributed by atoms with E-state index in [1.54, 1.807) is 17.5 Å². The Morgan fingerprint density at radius 3 is 2.92 bits per heavy atom. The molecule has 24 heavy (non-hydrogen) atoms. The number of carbonyl (C=O) groups is 1. The van der Waals surface area contributed by atoms with Gasteiger partial charge in [0.1, 0.15) is 16.7 Å². The highest BCUT2D eigenvalue weighted by Crippen LogP contribution is 2.24. The fourth-order valence-electron chi connectivity index (χ4n) is 2.95. The van der Waals surface area contributed by atoms with Crippen LogP contribution in [0.5, 0.6) is 0 Å². The summed E-state index contributed by atoms with van der Waals surface area (Å²) >= 11 is 1.62. The first-order valence-corrected chi connectivity index (χ1v) is 9.75. The predicted molar refractivity (Wildman–Crippen MR) is 96.3 cm³/mol. The molecule has 1 aromatic rings. The van der Waals surface area contributed by atoms with E-state index in [2.05, 4.69) is 4.98 Å². The first-order valence-electron chi connectivity index (χ1n) is 8.87. The zero-order valence-corrected chi connectivity index (χ0v) is 16.1. The lowest BCUT2D eigenvalue weighted by Gasteiger charge is -2.36. The van der Waals surface area contributed by atoms with Gasteiger partial charge in [-0.15, -0.1) is 11.3 Å². The largest absolute Gasteiger partial charge is 0.444 e. The highest BCUT2D eigenvalue weighted by Gasteiger charge is 2.30. The zero-order chi connectivity index (χ0) is 17.6. The lowest BCUT2D eigenvalue weighted by molar-refractivity contribution is 0.00593. The first kappa shape index (κ1) is 19.2. The second kappa shape index (κ2) is 8.81. The molecular weight excluding hydrogens is 324 g/mol. The Labute approximate surface area is 149 Å². The second-order valence-corrected chi connectivity index (χ2v) is 8.28. The molecule has 0 spiro atoms. The molecule has 0 radical (unpaired) electrons. The summed E-state index contributed by atoms with van der Waals surface area (Å²) in [6.07, 6.45) is 6.88. The third-order valence-electron chi connectivity index (χ3n) is 4.10. The molecule has 1 aromatic heterocycles. The van der Waals surface area contributed by atoms with Crippen LogP contribution in [0, 0.1) is 0 Å². The van der Waals surface area contributed by atoms with E-state index in [1.165, 1.54) is 6.42 Å². The number of likely N-dealkylation sites (tertiary alicyclic amines) is 1. The van der Waals surface area contributed by atoms with Crippen LogP contribution in [0.4, 0.5) is 4.79 Å². The smallest absolute Gasteiger partial charge is 0.410 e. The number of hydrogen-bond donors (Lipinski definition) is 0. The quantitative estimate of drug-likeness (QED) is 0.689. The summed E-state index contributed by atoms with van der Waals surface area (Å²) in [4.78, 5) is 18.6. The Balaban J connectivity index is 1.75. The number of piperidine rings is 1. The van der Waals surface area contributed by atoms with Crippen LogP contribution in [0.2, 0.25) is 0 Å². The molecule has 1 amide bonds. The molecule has 5 nitrogen and oxygen atoms in total. The predicted octanol–water partition coefficient (Wildman–Crippen LogP) is 4.79. The van der Waals surface area contributed by atoms with E-state index in [0.717, 1.165) is 37.2 Å². The first-order chi connectivity index (χ1) is 11.4. The third kappa shape index (κ3) is 6.06. The van der Waals surface area contributed by atoms with Crippen molar-refractivity contribution >= 4 is 17.4 Å². The monoisotopic (exact) mass is 354 g/mol. The van der Waals surface area contributed by atoms with E-state index in [0.29, 0.717) is 6.61 Å². The number of carbonyl (C=O) groups excluding carboxylic acids is 1. The van der Waals surface area contributed by atoms with Crippen molar-refractivity contribution in [3.8, 4) is 0 Å². The van der Waals surface area contributed by atoms with Crippen molar-refractivity contribution in [1.82, 2.24) is 9.88 Å². The van der Waals surface area contributed by atoms with Crippen LogP contribution in [0.25, 0.3) is 0 Å². The Bertz CT molecular complexity index is 499. The van der Waals surface area contributed by atoms with Gasteiger partial charge in [-0.05, 0) is 59.8 Å². The summed E-state index contributed by atoms with van der Waals surface area (Å²) in [5.74, 6) is 0. The molecule has 1 fully saturated rings. The maximum atomic E-state index is 12.4. The van der Waals surface area contributed by atoms with Crippen LogP contribution in [0.3, 0.4) is 0 Å². The number of thiazole rings is 1. The van der Waals surface area contributed by atoms with E-state index >= 15 is 0 Å². The fraction of sp³-hybridized carbons (Fsp3) is 0.778. The van der Waals surface area contributed by atoms with Gasteiger partial charge in [-0.3, -0.25) is 0 Å². The topological polar surface area (TPSA) is 51.7 Å². The van der Waals surface area contributed by atoms with Gasteiger partial charge in [-0.2, -0.15) is 0 Å². The van der Waals surface area contributed by atoms with Crippen molar-refractivity contribution in [2.24, 2.45) is 0 Å². The highest BCUT2D eigenvalue weighted by molar-refractivity contribution is 7.09. The van der Waals surface area contributed by atoms with Crippen molar-refractivity contribution in [2.75, 3.05) is 13.2 Å². The Hall–Kier alpha value is -1.14. The number of amides is 1. The molecule has 0 aromatic carbocycles. The van der Waals surface area contributed by atoms with Gasteiger partial charge in [0.25, 0.3) is 0 Å². The van der Waals surface area contributed by atoms with Crippen LogP contribution in [-0.4, -0.2) is 40.8 Å². The molecule has 1 aliphatic heterocycles. The molecule has 136 valence electrons. The third-order valence-corrected chi connectivity index (χ3v) is 5.04. The summed E-state index contributed by atoms with van der Waals surface area (Å²) in [6, 6.07) is 0.271. The van der Waals surface area contributed by atoms with Gasteiger partial charge in [0.15, 0.2) is 0 Å². The second-order valence-electron chi connectivity index (χ2n) is 7.35.